The van der Waals surface area contributed by atoms with Crippen LogP contribution in [0, 0.1) is 0 Å². The van der Waals surface area contributed by atoms with E-state index < -0.39 is 14.8 Å². The van der Waals surface area contributed by atoms with Gasteiger partial charge in [-0.15, -0.1) is 0 Å². The zero-order valence-electron chi connectivity index (χ0n) is 10.3. The second-order valence-corrected chi connectivity index (χ2v) is 6.01. The molecule has 0 saturated carbocycles. The van der Waals surface area contributed by atoms with Crippen LogP contribution in [-0.4, -0.2) is 41.2 Å². The van der Waals surface area contributed by atoms with Gasteiger partial charge >= 0.3 is 14.8 Å². The summed E-state index contributed by atoms with van der Waals surface area (Å²) in [5, 5.41) is 9.04. The third-order valence-electron chi connectivity index (χ3n) is 2.28. The molecule has 1 N–H and O–H groups in total. The van der Waals surface area contributed by atoms with Gasteiger partial charge in [-0.2, -0.15) is 0 Å². The first-order valence-electron chi connectivity index (χ1n) is 5.15. The molecule has 0 bridgehead atoms. The van der Waals surface area contributed by atoms with Gasteiger partial charge in [-0.05, 0) is 18.5 Å². The molecule has 0 aliphatic heterocycles. The van der Waals surface area contributed by atoms with Gasteiger partial charge in [0, 0.05) is 26.9 Å². The molecule has 0 amide bonds. The first kappa shape index (κ1) is 15.3. The monoisotopic (exact) mass is 248 g/mol. The molecule has 94 valence electrons. The Morgan fingerprint density at radius 2 is 1.75 bits per heavy atom. The first-order valence-corrected chi connectivity index (χ1v) is 6.95. The van der Waals surface area contributed by atoms with E-state index in [2.05, 4.69) is 0 Å². The maximum absolute atomic E-state index is 11.0. The summed E-state index contributed by atoms with van der Waals surface area (Å²) in [7, 11) is 1.42. The van der Waals surface area contributed by atoms with Crippen molar-refractivity contribution in [1.29, 1.82) is 0 Å². The lowest BCUT2D eigenvalue weighted by Crippen LogP contribution is -2.41. The maximum Gasteiger partial charge on any atom is 0.529 e. The maximum atomic E-state index is 11.0. The van der Waals surface area contributed by atoms with Crippen LogP contribution in [0.4, 0.5) is 0 Å². The Hall–Kier alpha value is -0.693. The van der Waals surface area contributed by atoms with Crippen LogP contribution >= 0.6 is 0 Å². The van der Waals surface area contributed by atoms with E-state index in [0.717, 1.165) is 12.8 Å². The van der Waals surface area contributed by atoms with Crippen molar-refractivity contribution in [2.75, 3.05) is 21.3 Å². The molecule has 0 aromatic rings. The highest BCUT2D eigenvalue weighted by Crippen LogP contribution is 2.15. The Bertz CT molecular complexity index is 239. The predicted molar refractivity (Wildman–Crippen MR) is 62.0 cm³/mol. The largest absolute Gasteiger partial charge is 0.529 e. The molecule has 0 unspecified atom stereocenters. The number of rotatable bonds is 8. The molecular formula is C10H20O5Si. The van der Waals surface area contributed by atoms with Crippen molar-refractivity contribution in [3.63, 3.8) is 0 Å². The predicted octanol–water partition coefficient (Wildman–Crippen LogP) is 1.60. The topological polar surface area (TPSA) is 65.0 Å². The Labute approximate surface area is 97.4 Å². The highest BCUT2D eigenvalue weighted by Gasteiger charge is 2.36. The standard InChI is InChI=1S/C10H20O5Si/c1-5-6-7-9(10(11)12)8-16(13-2,14-3)15-4/h8H,5-7H2,1-4H3,(H,11,12). The summed E-state index contributed by atoms with van der Waals surface area (Å²) in [4.78, 5) is 11.0. The van der Waals surface area contributed by atoms with Crippen molar-refractivity contribution < 1.29 is 23.2 Å². The van der Waals surface area contributed by atoms with Gasteiger partial charge in [0.25, 0.3) is 0 Å². The smallest absolute Gasteiger partial charge is 0.478 e. The molecule has 16 heavy (non-hydrogen) atoms. The zero-order chi connectivity index (χ0) is 12.6. The summed E-state index contributed by atoms with van der Waals surface area (Å²) in [6, 6.07) is 0. The highest BCUT2D eigenvalue weighted by atomic mass is 28.4. The fourth-order valence-electron chi connectivity index (χ4n) is 1.25. The first-order chi connectivity index (χ1) is 7.55. The van der Waals surface area contributed by atoms with E-state index in [1.807, 2.05) is 6.92 Å². The Balaban J connectivity index is 4.91. The van der Waals surface area contributed by atoms with Crippen molar-refractivity contribution >= 4 is 14.8 Å². The lowest BCUT2D eigenvalue weighted by Gasteiger charge is -2.21. The van der Waals surface area contributed by atoms with E-state index in [0.29, 0.717) is 12.0 Å². The Morgan fingerprint density at radius 1 is 1.25 bits per heavy atom. The van der Waals surface area contributed by atoms with Gasteiger partial charge < -0.3 is 18.4 Å². The third kappa shape index (κ3) is 4.44. The van der Waals surface area contributed by atoms with E-state index in [9.17, 15) is 4.79 Å². The normalized spacial score (nSPS) is 12.9. The van der Waals surface area contributed by atoms with Gasteiger partial charge in [0.05, 0.1) is 0 Å². The van der Waals surface area contributed by atoms with Crippen LogP contribution in [-0.2, 0) is 18.1 Å². The number of aliphatic carboxylic acids is 1. The van der Waals surface area contributed by atoms with Crippen molar-refractivity contribution in [3.8, 4) is 0 Å². The highest BCUT2D eigenvalue weighted by molar-refractivity contribution is 6.66. The molecule has 0 saturated heterocycles. The van der Waals surface area contributed by atoms with Gasteiger partial charge in [0.2, 0.25) is 0 Å². The summed E-state index contributed by atoms with van der Waals surface area (Å²) >= 11 is 0. The second kappa shape index (κ2) is 7.56. The minimum absolute atomic E-state index is 0.291. The molecule has 0 fully saturated rings. The average Bonchev–Trinajstić information content (AvgIpc) is 2.30. The number of carboxylic acids is 1. The van der Waals surface area contributed by atoms with E-state index in [-0.39, 0.29) is 0 Å². The van der Waals surface area contributed by atoms with Crippen LogP contribution in [0.25, 0.3) is 0 Å². The summed E-state index contributed by atoms with van der Waals surface area (Å²) in [6.45, 7) is 2.01. The number of unbranched alkanes of at least 4 members (excludes halogenated alkanes) is 1. The molecule has 0 rings (SSSR count). The van der Waals surface area contributed by atoms with E-state index in [4.69, 9.17) is 18.4 Å². The SMILES string of the molecule is CCCCC(=C[Si](OC)(OC)OC)C(=O)O. The minimum atomic E-state index is -2.94. The van der Waals surface area contributed by atoms with Crippen LogP contribution < -0.4 is 0 Å². The number of carbonyl (C=O) groups is 1. The Kier molecular flexibility index (Phi) is 7.23. The van der Waals surface area contributed by atoms with Crippen molar-refractivity contribution in [1.82, 2.24) is 0 Å². The molecule has 5 nitrogen and oxygen atoms in total. The van der Waals surface area contributed by atoms with Gasteiger partial charge in [-0.3, -0.25) is 0 Å². The summed E-state index contributed by atoms with van der Waals surface area (Å²) in [5.41, 5.74) is 1.78. The molecule has 6 heteroatoms. The Morgan fingerprint density at radius 3 is 2.06 bits per heavy atom. The molecule has 0 aromatic heterocycles. The average molecular weight is 248 g/mol. The quantitative estimate of drug-likeness (QED) is 0.522. The minimum Gasteiger partial charge on any atom is -0.478 e. The molecule has 0 aliphatic carbocycles. The molecular weight excluding hydrogens is 228 g/mol. The van der Waals surface area contributed by atoms with Gasteiger partial charge in [0.15, 0.2) is 0 Å². The van der Waals surface area contributed by atoms with E-state index in [1.165, 1.54) is 27.0 Å². The molecule has 0 atom stereocenters. The molecule has 0 aromatic carbocycles. The molecule has 0 aliphatic rings. The van der Waals surface area contributed by atoms with Crippen molar-refractivity contribution in [2.45, 2.75) is 26.2 Å². The third-order valence-corrected chi connectivity index (χ3v) is 4.69. The molecule has 0 radical (unpaired) electrons. The lowest BCUT2D eigenvalue weighted by molar-refractivity contribution is -0.132. The number of hydrogen-bond acceptors (Lipinski definition) is 4. The summed E-state index contributed by atoms with van der Waals surface area (Å²) in [5.74, 6) is -0.948. The number of hydrogen-bond donors (Lipinski definition) is 1. The van der Waals surface area contributed by atoms with Crippen molar-refractivity contribution in [3.05, 3.63) is 11.3 Å². The van der Waals surface area contributed by atoms with Crippen LogP contribution in [0.15, 0.2) is 11.3 Å². The fraction of sp³-hybridized carbons (Fsp3) is 0.700. The van der Waals surface area contributed by atoms with E-state index in [1.54, 1.807) is 0 Å². The van der Waals surface area contributed by atoms with Crippen LogP contribution in [0.2, 0.25) is 0 Å². The van der Waals surface area contributed by atoms with Crippen LogP contribution in [0.1, 0.15) is 26.2 Å². The van der Waals surface area contributed by atoms with Crippen molar-refractivity contribution in [2.24, 2.45) is 0 Å². The summed E-state index contributed by atoms with van der Waals surface area (Å²) in [6.07, 6.45) is 2.25. The molecule has 0 heterocycles. The lowest BCUT2D eigenvalue weighted by atomic mass is 10.1. The van der Waals surface area contributed by atoms with E-state index >= 15 is 0 Å². The van der Waals surface area contributed by atoms with Crippen LogP contribution in [0.3, 0.4) is 0 Å². The zero-order valence-corrected chi connectivity index (χ0v) is 11.3. The van der Waals surface area contributed by atoms with Gasteiger partial charge in [0.1, 0.15) is 0 Å². The molecule has 0 spiro atoms. The number of carboxylic acid groups (broad SMARTS) is 1. The fourth-order valence-corrected chi connectivity index (χ4v) is 2.80. The van der Waals surface area contributed by atoms with Crippen LogP contribution in [0.5, 0.6) is 0 Å². The van der Waals surface area contributed by atoms with Gasteiger partial charge in [-0.25, -0.2) is 4.79 Å². The van der Waals surface area contributed by atoms with Gasteiger partial charge in [-0.1, -0.05) is 13.3 Å². The summed E-state index contributed by atoms with van der Waals surface area (Å²) < 4.78 is 15.5. The second-order valence-electron chi connectivity index (χ2n) is 3.29.